The van der Waals surface area contributed by atoms with Gasteiger partial charge in [-0.3, -0.25) is 0 Å². The van der Waals surface area contributed by atoms with Gasteiger partial charge in [0.2, 0.25) is 0 Å². The molecule has 1 aliphatic heterocycles. The highest BCUT2D eigenvalue weighted by atomic mass is 79.9. The first-order valence-corrected chi connectivity index (χ1v) is 6.92. The van der Waals surface area contributed by atoms with Crippen LogP contribution in [-0.2, 0) is 6.42 Å². The summed E-state index contributed by atoms with van der Waals surface area (Å²) in [6.07, 6.45) is 0.836. The Morgan fingerprint density at radius 1 is 1.11 bits per heavy atom. The van der Waals surface area contributed by atoms with Gasteiger partial charge in [0.25, 0.3) is 0 Å². The van der Waals surface area contributed by atoms with Crippen LogP contribution in [0.25, 0.3) is 0 Å². The second kappa shape index (κ2) is 4.93. The van der Waals surface area contributed by atoms with E-state index in [0.717, 1.165) is 23.3 Å². The van der Waals surface area contributed by atoms with Gasteiger partial charge in [0.05, 0.1) is 11.4 Å². The molecule has 1 nitrogen and oxygen atoms in total. The van der Waals surface area contributed by atoms with Crippen LogP contribution in [0, 0.1) is 11.6 Å². The zero-order valence-corrected chi connectivity index (χ0v) is 11.6. The number of rotatable bonds is 2. The third kappa shape index (κ3) is 2.25. The van der Waals surface area contributed by atoms with Crippen molar-refractivity contribution in [1.82, 2.24) is 0 Å². The Morgan fingerprint density at radius 3 is 2.58 bits per heavy atom. The number of ether oxygens (including phenoxy) is 1. The van der Waals surface area contributed by atoms with Crippen molar-refractivity contribution >= 4 is 15.9 Å². The van der Waals surface area contributed by atoms with Gasteiger partial charge in [0, 0.05) is 12.0 Å². The van der Waals surface area contributed by atoms with E-state index >= 15 is 0 Å². The maximum absolute atomic E-state index is 13.8. The number of halogens is 3. The predicted molar refractivity (Wildman–Crippen MR) is 72.8 cm³/mol. The Kier molecular flexibility index (Phi) is 3.27. The fourth-order valence-corrected chi connectivity index (χ4v) is 3.01. The third-order valence-electron chi connectivity index (χ3n) is 3.26. The highest BCUT2D eigenvalue weighted by molar-refractivity contribution is 9.09. The Hall–Kier alpha value is -1.42. The van der Waals surface area contributed by atoms with E-state index in [0.29, 0.717) is 6.61 Å². The van der Waals surface area contributed by atoms with Gasteiger partial charge in [-0.2, -0.15) is 0 Å². The van der Waals surface area contributed by atoms with Gasteiger partial charge >= 0.3 is 0 Å². The van der Waals surface area contributed by atoms with Crippen molar-refractivity contribution in [2.75, 3.05) is 6.61 Å². The summed E-state index contributed by atoms with van der Waals surface area (Å²) in [6.45, 7) is 0.666. The molecule has 98 valence electrons. The highest BCUT2D eigenvalue weighted by Crippen LogP contribution is 2.37. The number of alkyl halides is 1. The van der Waals surface area contributed by atoms with E-state index in [4.69, 9.17) is 4.74 Å². The summed E-state index contributed by atoms with van der Waals surface area (Å²) in [7, 11) is 0. The van der Waals surface area contributed by atoms with E-state index < -0.39 is 16.5 Å². The molecule has 0 fully saturated rings. The number of hydrogen-bond donors (Lipinski definition) is 0. The largest absolute Gasteiger partial charge is 0.493 e. The first kappa shape index (κ1) is 12.6. The quantitative estimate of drug-likeness (QED) is 0.745. The molecule has 0 saturated heterocycles. The molecule has 0 amide bonds. The summed E-state index contributed by atoms with van der Waals surface area (Å²) in [5.41, 5.74) is 1.95. The van der Waals surface area contributed by atoms with Crippen LogP contribution in [-0.4, -0.2) is 6.61 Å². The van der Waals surface area contributed by atoms with Crippen LogP contribution in [0.4, 0.5) is 8.78 Å². The predicted octanol–water partition coefficient (Wildman–Crippen LogP) is 4.38. The molecule has 4 heteroatoms. The average molecular weight is 325 g/mol. The maximum Gasteiger partial charge on any atom is 0.130 e. The molecule has 1 heterocycles. The summed E-state index contributed by atoms with van der Waals surface area (Å²) < 4.78 is 33.0. The van der Waals surface area contributed by atoms with E-state index in [-0.39, 0.29) is 5.56 Å². The molecule has 1 aliphatic rings. The SMILES string of the molecule is Fc1cccc(F)c1C(Br)c1ccc2c(c1)CCO2. The van der Waals surface area contributed by atoms with Crippen LogP contribution in [0.3, 0.4) is 0 Å². The zero-order chi connectivity index (χ0) is 13.4. The van der Waals surface area contributed by atoms with Crippen molar-refractivity contribution in [3.8, 4) is 5.75 Å². The molecule has 0 saturated carbocycles. The molecular formula is C15H11BrF2O. The van der Waals surface area contributed by atoms with E-state index in [1.807, 2.05) is 18.2 Å². The second-order valence-electron chi connectivity index (χ2n) is 4.46. The van der Waals surface area contributed by atoms with Gasteiger partial charge in [0.1, 0.15) is 17.4 Å². The van der Waals surface area contributed by atoms with Crippen LogP contribution in [0.1, 0.15) is 21.5 Å². The van der Waals surface area contributed by atoms with Crippen molar-refractivity contribution in [3.63, 3.8) is 0 Å². The van der Waals surface area contributed by atoms with Gasteiger partial charge < -0.3 is 4.74 Å². The number of fused-ring (bicyclic) bond motifs is 1. The molecule has 2 aromatic carbocycles. The van der Waals surface area contributed by atoms with Crippen molar-refractivity contribution in [1.29, 1.82) is 0 Å². The van der Waals surface area contributed by atoms with Crippen LogP contribution < -0.4 is 4.74 Å². The standard InChI is InChI=1S/C15H11BrF2O/c16-15(14-11(17)2-1-3-12(14)18)10-4-5-13-9(8-10)6-7-19-13/h1-5,8,15H,6-7H2. The molecule has 0 N–H and O–H groups in total. The minimum absolute atomic E-state index is 0.0429. The molecule has 0 spiro atoms. The lowest BCUT2D eigenvalue weighted by Crippen LogP contribution is -2.00. The second-order valence-corrected chi connectivity index (χ2v) is 5.38. The van der Waals surface area contributed by atoms with Crippen LogP contribution in [0.15, 0.2) is 36.4 Å². The monoisotopic (exact) mass is 324 g/mol. The summed E-state index contributed by atoms with van der Waals surface area (Å²) in [4.78, 5) is -0.500. The Balaban J connectivity index is 2.02. The van der Waals surface area contributed by atoms with E-state index in [2.05, 4.69) is 15.9 Å². The van der Waals surface area contributed by atoms with Crippen molar-refractivity contribution in [3.05, 3.63) is 64.7 Å². The highest BCUT2D eigenvalue weighted by Gasteiger charge is 2.21. The van der Waals surface area contributed by atoms with Crippen LogP contribution in [0.5, 0.6) is 5.75 Å². The van der Waals surface area contributed by atoms with Crippen LogP contribution >= 0.6 is 15.9 Å². The fraction of sp³-hybridized carbons (Fsp3) is 0.200. The fourth-order valence-electron chi connectivity index (χ4n) is 2.28. The molecule has 0 aliphatic carbocycles. The topological polar surface area (TPSA) is 9.23 Å². The van der Waals surface area contributed by atoms with Gasteiger partial charge in [-0.25, -0.2) is 8.78 Å². The van der Waals surface area contributed by atoms with Gasteiger partial charge in [0.15, 0.2) is 0 Å². The maximum atomic E-state index is 13.8. The first-order chi connectivity index (χ1) is 9.16. The lowest BCUT2D eigenvalue weighted by atomic mass is 10.0. The summed E-state index contributed by atoms with van der Waals surface area (Å²) in [5.74, 6) is -0.227. The normalized spacial score (nSPS) is 14.9. The lowest BCUT2D eigenvalue weighted by Gasteiger charge is -2.13. The average Bonchev–Trinajstić information content (AvgIpc) is 2.85. The van der Waals surface area contributed by atoms with Gasteiger partial charge in [-0.05, 0) is 29.3 Å². The molecule has 0 aromatic heterocycles. The molecule has 1 atom stereocenters. The van der Waals surface area contributed by atoms with Crippen LogP contribution in [0.2, 0.25) is 0 Å². The van der Waals surface area contributed by atoms with Gasteiger partial charge in [-0.1, -0.05) is 34.1 Å². The minimum atomic E-state index is -0.543. The minimum Gasteiger partial charge on any atom is -0.493 e. The summed E-state index contributed by atoms with van der Waals surface area (Å²) >= 11 is 3.38. The van der Waals surface area contributed by atoms with E-state index in [9.17, 15) is 8.78 Å². The number of hydrogen-bond acceptors (Lipinski definition) is 1. The van der Waals surface area contributed by atoms with Gasteiger partial charge in [-0.15, -0.1) is 0 Å². The molecule has 19 heavy (non-hydrogen) atoms. The molecule has 2 aromatic rings. The third-order valence-corrected chi connectivity index (χ3v) is 4.25. The molecule has 1 unspecified atom stereocenters. The number of benzene rings is 2. The molecule has 3 rings (SSSR count). The lowest BCUT2D eigenvalue weighted by molar-refractivity contribution is 0.357. The Bertz CT molecular complexity index is 607. The zero-order valence-electron chi connectivity index (χ0n) is 10.00. The smallest absolute Gasteiger partial charge is 0.130 e. The Morgan fingerprint density at radius 2 is 1.84 bits per heavy atom. The van der Waals surface area contributed by atoms with Crippen molar-refractivity contribution in [2.45, 2.75) is 11.2 Å². The molecule has 0 radical (unpaired) electrons. The molecular weight excluding hydrogens is 314 g/mol. The summed E-state index contributed by atoms with van der Waals surface area (Å²) in [6, 6.07) is 9.52. The Labute approximate surface area is 118 Å². The summed E-state index contributed by atoms with van der Waals surface area (Å²) in [5, 5.41) is 0. The molecule has 0 bridgehead atoms. The van der Waals surface area contributed by atoms with E-state index in [1.165, 1.54) is 18.2 Å². The van der Waals surface area contributed by atoms with E-state index in [1.54, 1.807) is 0 Å². The van der Waals surface area contributed by atoms with Crippen molar-refractivity contribution < 1.29 is 13.5 Å². The first-order valence-electron chi connectivity index (χ1n) is 6.00. The van der Waals surface area contributed by atoms with Crippen molar-refractivity contribution in [2.24, 2.45) is 0 Å².